The van der Waals surface area contributed by atoms with Crippen molar-refractivity contribution in [3.63, 3.8) is 0 Å². The summed E-state index contributed by atoms with van der Waals surface area (Å²) in [4.78, 5) is 13.2. The second-order valence-electron chi connectivity index (χ2n) is 10.2. The number of halogens is 1. The van der Waals surface area contributed by atoms with Crippen LogP contribution in [0.4, 0.5) is 10.1 Å². The van der Waals surface area contributed by atoms with E-state index in [1.807, 2.05) is 66.7 Å². The minimum absolute atomic E-state index is 0.0672. The summed E-state index contributed by atoms with van der Waals surface area (Å²) in [6, 6.07) is 26.3. The summed E-state index contributed by atoms with van der Waals surface area (Å²) in [5.74, 6) is 1.45. The van der Waals surface area contributed by atoms with Gasteiger partial charge in [-0.2, -0.15) is 0 Å². The van der Waals surface area contributed by atoms with Gasteiger partial charge in [-0.05, 0) is 59.2 Å². The molecule has 208 valence electrons. The first-order valence-corrected chi connectivity index (χ1v) is 13.6. The van der Waals surface area contributed by atoms with Gasteiger partial charge in [-0.1, -0.05) is 42.5 Å². The van der Waals surface area contributed by atoms with Crippen molar-refractivity contribution >= 4 is 22.5 Å². The number of aromatic nitrogens is 1. The molecule has 0 saturated heterocycles. The van der Waals surface area contributed by atoms with E-state index in [2.05, 4.69) is 16.1 Å². The Morgan fingerprint density at radius 2 is 1.71 bits per heavy atom. The molecule has 1 aliphatic heterocycles. The third kappa shape index (κ3) is 5.35. The van der Waals surface area contributed by atoms with Crippen LogP contribution in [0.3, 0.4) is 0 Å². The van der Waals surface area contributed by atoms with Gasteiger partial charge >= 0.3 is 0 Å². The zero-order chi connectivity index (χ0) is 28.3. The molecule has 0 saturated carbocycles. The van der Waals surface area contributed by atoms with Gasteiger partial charge in [0.25, 0.3) is 0 Å². The van der Waals surface area contributed by atoms with Crippen LogP contribution in [-0.4, -0.2) is 31.3 Å². The van der Waals surface area contributed by atoms with Gasteiger partial charge < -0.3 is 24.1 Å². The van der Waals surface area contributed by atoms with Gasteiger partial charge in [-0.25, -0.2) is 4.39 Å². The molecule has 7 heteroatoms. The Morgan fingerprint density at radius 1 is 0.902 bits per heavy atom. The highest BCUT2D eigenvalue weighted by Crippen LogP contribution is 2.46. The number of rotatable bonds is 9. The Labute approximate surface area is 238 Å². The number of benzene rings is 4. The number of anilines is 1. The Kier molecular flexibility index (Phi) is 7.33. The molecule has 2 heterocycles. The van der Waals surface area contributed by atoms with Gasteiger partial charge in [-0.15, -0.1) is 0 Å². The molecule has 0 radical (unpaired) electrons. The number of nitrogens with zero attached hydrogens (tertiary/aromatic N) is 1. The monoisotopic (exact) mass is 550 g/mol. The van der Waals surface area contributed by atoms with E-state index in [4.69, 9.17) is 14.2 Å². The Balaban J connectivity index is 1.39. The van der Waals surface area contributed by atoms with E-state index < -0.39 is 0 Å². The van der Waals surface area contributed by atoms with E-state index in [0.29, 0.717) is 31.1 Å². The van der Waals surface area contributed by atoms with Crippen LogP contribution in [0.1, 0.15) is 34.6 Å². The predicted octanol–water partition coefficient (Wildman–Crippen LogP) is 6.94. The summed E-state index contributed by atoms with van der Waals surface area (Å²) in [5, 5.41) is 4.08. The Hall–Kier alpha value is -4.78. The van der Waals surface area contributed by atoms with Gasteiger partial charge in [0.1, 0.15) is 11.6 Å². The van der Waals surface area contributed by atoms with E-state index in [0.717, 1.165) is 44.6 Å². The van der Waals surface area contributed by atoms with Crippen LogP contribution < -0.4 is 19.5 Å². The number of hydrogen-bond donors (Lipinski definition) is 1. The lowest BCUT2D eigenvalue weighted by Gasteiger charge is -2.21. The highest BCUT2D eigenvalue weighted by molar-refractivity contribution is 6.06. The summed E-state index contributed by atoms with van der Waals surface area (Å²) in [5.41, 5.74) is 5.63. The second kappa shape index (κ2) is 11.4. The zero-order valence-electron chi connectivity index (χ0n) is 23.0. The minimum atomic E-state index is -0.277. The fourth-order valence-electron chi connectivity index (χ4n) is 5.68. The smallest absolute Gasteiger partial charge is 0.225 e. The number of hydrogen-bond acceptors (Lipinski definition) is 4. The Morgan fingerprint density at radius 3 is 2.49 bits per heavy atom. The molecule has 1 amide bonds. The maximum absolute atomic E-state index is 14.0. The summed E-state index contributed by atoms with van der Waals surface area (Å²) >= 11 is 0. The highest BCUT2D eigenvalue weighted by atomic mass is 19.1. The average Bonchev–Trinajstić information content (AvgIpc) is 3.27. The fourth-order valence-corrected chi connectivity index (χ4v) is 5.68. The largest absolute Gasteiger partial charge is 0.497 e. The van der Waals surface area contributed by atoms with Crippen LogP contribution in [0, 0.1) is 5.82 Å². The topological polar surface area (TPSA) is 61.7 Å². The maximum atomic E-state index is 14.0. The van der Waals surface area contributed by atoms with Crippen molar-refractivity contribution in [2.45, 2.75) is 25.3 Å². The van der Waals surface area contributed by atoms with Crippen molar-refractivity contribution in [2.75, 3.05) is 26.1 Å². The first-order chi connectivity index (χ1) is 20.0. The van der Waals surface area contributed by atoms with E-state index >= 15 is 0 Å². The third-order valence-electron chi connectivity index (χ3n) is 7.62. The van der Waals surface area contributed by atoms with Gasteiger partial charge in [0, 0.05) is 42.5 Å². The van der Waals surface area contributed by atoms with Crippen molar-refractivity contribution in [3.05, 3.63) is 119 Å². The molecule has 5 aromatic rings. The third-order valence-corrected chi connectivity index (χ3v) is 7.62. The quantitative estimate of drug-likeness (QED) is 0.216. The van der Waals surface area contributed by atoms with Gasteiger partial charge in [0.2, 0.25) is 5.91 Å². The average molecular weight is 551 g/mol. The lowest BCUT2D eigenvalue weighted by Crippen LogP contribution is -2.15. The van der Waals surface area contributed by atoms with Crippen molar-refractivity contribution in [2.24, 2.45) is 0 Å². The molecule has 41 heavy (non-hydrogen) atoms. The molecule has 6 rings (SSSR count). The van der Waals surface area contributed by atoms with Crippen LogP contribution >= 0.6 is 0 Å². The summed E-state index contributed by atoms with van der Waals surface area (Å²) in [6.45, 7) is 0.937. The van der Waals surface area contributed by atoms with Gasteiger partial charge in [0.15, 0.2) is 11.5 Å². The summed E-state index contributed by atoms with van der Waals surface area (Å²) < 4.78 is 33.5. The molecule has 6 nitrogen and oxygen atoms in total. The normalized spacial score (nSPS) is 14.4. The number of carbonyl (C=O) groups excluding carboxylic acids is 1. The van der Waals surface area contributed by atoms with Crippen molar-refractivity contribution in [1.82, 2.24) is 4.57 Å². The van der Waals surface area contributed by atoms with Crippen molar-refractivity contribution in [1.29, 1.82) is 0 Å². The van der Waals surface area contributed by atoms with E-state index in [-0.39, 0.29) is 24.1 Å². The minimum Gasteiger partial charge on any atom is -0.497 e. The molecule has 0 aliphatic carbocycles. The molecule has 1 aliphatic rings. The first-order valence-electron chi connectivity index (χ1n) is 13.6. The molecule has 1 atom stereocenters. The first kappa shape index (κ1) is 26.4. The number of ether oxygens (including phenoxy) is 3. The van der Waals surface area contributed by atoms with Crippen LogP contribution in [0.15, 0.2) is 91.1 Å². The zero-order valence-corrected chi connectivity index (χ0v) is 23.0. The van der Waals surface area contributed by atoms with Crippen molar-refractivity contribution < 1.29 is 23.4 Å². The fraction of sp³-hybridized carbons (Fsp3) is 0.206. The number of methoxy groups -OCH3 is 2. The van der Waals surface area contributed by atoms with E-state index in [9.17, 15) is 9.18 Å². The summed E-state index contributed by atoms with van der Waals surface area (Å²) in [7, 11) is 3.27. The lowest BCUT2D eigenvalue weighted by atomic mass is 9.88. The second-order valence-corrected chi connectivity index (χ2v) is 10.2. The molecular weight excluding hydrogens is 519 g/mol. The molecule has 1 aromatic heterocycles. The van der Waals surface area contributed by atoms with Gasteiger partial charge in [0.05, 0.1) is 32.0 Å². The molecule has 0 spiro atoms. The van der Waals surface area contributed by atoms with Crippen LogP contribution in [0.25, 0.3) is 10.9 Å². The number of nitrogens with one attached hydrogen (secondary N) is 1. The SMILES string of the molecule is COc1ccc(CCOc2c(OC)cccc2C2CC(=O)Nc3cccc4c3c2cn4Cc2cccc(F)c2)cc1. The van der Waals surface area contributed by atoms with Crippen LogP contribution in [0.2, 0.25) is 0 Å². The Bertz CT molecular complexity index is 1710. The number of para-hydroxylation sites is 1. The molecule has 1 unspecified atom stereocenters. The van der Waals surface area contributed by atoms with Crippen molar-refractivity contribution in [3.8, 4) is 17.2 Å². The summed E-state index contributed by atoms with van der Waals surface area (Å²) in [6.07, 6.45) is 3.03. The predicted molar refractivity (Wildman–Crippen MR) is 158 cm³/mol. The van der Waals surface area contributed by atoms with E-state index in [1.54, 1.807) is 26.4 Å². The molecular formula is C34H31FN2O4. The van der Waals surface area contributed by atoms with E-state index in [1.165, 1.54) is 6.07 Å². The molecule has 0 bridgehead atoms. The molecule has 1 N–H and O–H groups in total. The molecule has 4 aromatic carbocycles. The van der Waals surface area contributed by atoms with Gasteiger partial charge in [-0.3, -0.25) is 4.79 Å². The maximum Gasteiger partial charge on any atom is 0.225 e. The van der Waals surface area contributed by atoms with Crippen LogP contribution in [-0.2, 0) is 17.8 Å². The standard InChI is InChI=1S/C34H31FN2O4/c1-39-25-14-12-22(13-15-25)16-17-41-34-26(8-4-11-31(34)40-2)27-19-32(38)36-29-9-5-10-30-33(29)28(27)21-37(30)20-23-6-3-7-24(35)18-23/h3-15,18,21,27H,16-17,19-20H2,1-2H3,(H,36,38). The number of amides is 1. The van der Waals surface area contributed by atoms with Crippen LogP contribution in [0.5, 0.6) is 17.2 Å². The number of carbonyl (C=O) groups is 1. The highest BCUT2D eigenvalue weighted by Gasteiger charge is 2.31. The lowest BCUT2D eigenvalue weighted by molar-refractivity contribution is -0.116. The molecule has 0 fully saturated rings.